The number of aromatic nitrogens is 2. The molecule has 8 nitrogen and oxygen atoms in total. The van der Waals surface area contributed by atoms with Crippen LogP contribution in [0.2, 0.25) is 0 Å². The number of para-hydroxylation sites is 2. The number of H-pyrrole nitrogens is 1. The molecule has 0 unspecified atom stereocenters. The van der Waals surface area contributed by atoms with Gasteiger partial charge in [-0.25, -0.2) is 9.78 Å². The van der Waals surface area contributed by atoms with Crippen LogP contribution in [0.15, 0.2) is 24.3 Å². The summed E-state index contributed by atoms with van der Waals surface area (Å²) in [6, 6.07) is 7.51. The number of benzene rings is 1. The van der Waals surface area contributed by atoms with Gasteiger partial charge >= 0.3 is 5.97 Å². The van der Waals surface area contributed by atoms with Crippen molar-refractivity contribution < 1.29 is 24.2 Å². The number of epoxide rings is 1. The number of carbonyl (C=O) groups excluding carboxylic acids is 1. The highest BCUT2D eigenvalue weighted by molar-refractivity contribution is 5.92. The van der Waals surface area contributed by atoms with Gasteiger partial charge in [0, 0.05) is 0 Å². The zero-order chi connectivity index (χ0) is 18.7. The van der Waals surface area contributed by atoms with E-state index in [0.29, 0.717) is 19.1 Å². The Morgan fingerprint density at radius 3 is 2.77 bits per heavy atom. The average molecular weight is 361 g/mol. The number of rotatable bonds is 9. The van der Waals surface area contributed by atoms with Crippen LogP contribution in [-0.4, -0.2) is 51.8 Å². The summed E-state index contributed by atoms with van der Waals surface area (Å²) in [6.45, 7) is 4.71. The van der Waals surface area contributed by atoms with Crippen molar-refractivity contribution in [2.75, 3.05) is 6.61 Å². The molecule has 1 saturated heterocycles. The maximum atomic E-state index is 12.1. The minimum atomic E-state index is -1.12. The smallest absolute Gasteiger partial charge is 0.336 e. The number of nitrogens with zero attached hydrogens (tertiary/aromatic N) is 1. The fourth-order valence-corrected chi connectivity index (χ4v) is 2.89. The van der Waals surface area contributed by atoms with Crippen molar-refractivity contribution in [1.82, 2.24) is 15.3 Å². The summed E-state index contributed by atoms with van der Waals surface area (Å²) in [5, 5.41) is 11.7. The normalized spacial score (nSPS) is 20.3. The lowest BCUT2D eigenvalue weighted by atomic mass is 10.0. The number of fused-ring (bicyclic) bond motifs is 1. The van der Waals surface area contributed by atoms with E-state index in [1.54, 1.807) is 0 Å². The standard InChI is InChI=1S/C18H23N3O5/c1-10(2)7-11(19-17(22)15-16(26-15)18(23)24)8-25-9-14-20-12-5-3-4-6-13(12)21-14/h3-6,10-11,15-16H,7-9H2,1-2H3,(H,19,22)(H,20,21)(H,23,24)/t11-,15-,16-/m0/s1. The number of imidazole rings is 1. The molecule has 140 valence electrons. The van der Waals surface area contributed by atoms with E-state index in [1.807, 2.05) is 38.1 Å². The molecule has 0 aliphatic carbocycles. The molecule has 8 heteroatoms. The molecule has 1 aromatic carbocycles. The van der Waals surface area contributed by atoms with Gasteiger partial charge in [0.05, 0.1) is 23.7 Å². The molecule has 0 radical (unpaired) electrons. The van der Waals surface area contributed by atoms with Crippen LogP contribution in [0.4, 0.5) is 0 Å². The summed E-state index contributed by atoms with van der Waals surface area (Å²) in [4.78, 5) is 30.5. The molecule has 2 aromatic rings. The van der Waals surface area contributed by atoms with E-state index >= 15 is 0 Å². The quantitative estimate of drug-likeness (QED) is 0.582. The van der Waals surface area contributed by atoms with Crippen molar-refractivity contribution in [1.29, 1.82) is 0 Å². The van der Waals surface area contributed by atoms with Gasteiger partial charge in [0.25, 0.3) is 5.91 Å². The summed E-state index contributed by atoms with van der Waals surface area (Å²) in [5.41, 5.74) is 1.83. The van der Waals surface area contributed by atoms with Gasteiger partial charge < -0.3 is 24.9 Å². The summed E-state index contributed by atoms with van der Waals surface area (Å²) in [5.74, 6) is -0.454. The molecular formula is C18H23N3O5. The number of carbonyl (C=O) groups is 2. The van der Waals surface area contributed by atoms with Crippen LogP contribution < -0.4 is 5.32 Å². The molecule has 1 aromatic heterocycles. The Morgan fingerprint density at radius 2 is 2.12 bits per heavy atom. The molecule has 3 N–H and O–H groups in total. The number of aromatic amines is 1. The maximum Gasteiger partial charge on any atom is 0.336 e. The van der Waals surface area contributed by atoms with E-state index < -0.39 is 24.1 Å². The Kier molecular flexibility index (Phi) is 5.53. The number of hydrogen-bond acceptors (Lipinski definition) is 5. The second kappa shape index (κ2) is 7.84. The predicted molar refractivity (Wildman–Crippen MR) is 93.4 cm³/mol. The first-order valence-corrected chi connectivity index (χ1v) is 8.64. The Balaban J connectivity index is 1.51. The molecule has 1 aliphatic rings. The Morgan fingerprint density at radius 1 is 1.35 bits per heavy atom. The highest BCUT2D eigenvalue weighted by atomic mass is 16.6. The zero-order valence-corrected chi connectivity index (χ0v) is 14.8. The van der Waals surface area contributed by atoms with Gasteiger partial charge in [0.2, 0.25) is 0 Å². The maximum absolute atomic E-state index is 12.1. The van der Waals surface area contributed by atoms with E-state index in [0.717, 1.165) is 23.3 Å². The van der Waals surface area contributed by atoms with E-state index in [9.17, 15) is 9.59 Å². The van der Waals surface area contributed by atoms with Crippen LogP contribution in [0.3, 0.4) is 0 Å². The SMILES string of the molecule is CC(C)C[C@@H](COCc1nc2ccccc2[nH]1)NC(=O)[C@H]1O[C@@H]1C(=O)O. The summed E-state index contributed by atoms with van der Waals surface area (Å²) < 4.78 is 10.6. The zero-order valence-electron chi connectivity index (χ0n) is 14.8. The molecule has 3 rings (SSSR count). The monoisotopic (exact) mass is 361 g/mol. The Labute approximate surface area is 150 Å². The van der Waals surface area contributed by atoms with Crippen LogP contribution >= 0.6 is 0 Å². The van der Waals surface area contributed by atoms with Crippen LogP contribution in [-0.2, 0) is 25.7 Å². The molecule has 0 bridgehead atoms. The van der Waals surface area contributed by atoms with Gasteiger partial charge in [-0.3, -0.25) is 4.79 Å². The first-order valence-electron chi connectivity index (χ1n) is 8.64. The number of ether oxygens (including phenoxy) is 2. The van der Waals surface area contributed by atoms with Crippen LogP contribution in [0.25, 0.3) is 11.0 Å². The van der Waals surface area contributed by atoms with Gasteiger partial charge in [-0.2, -0.15) is 0 Å². The molecular weight excluding hydrogens is 338 g/mol. The second-order valence-corrected chi connectivity index (χ2v) is 6.87. The third kappa shape index (κ3) is 4.59. The molecule has 1 amide bonds. The number of amides is 1. The van der Waals surface area contributed by atoms with Crippen molar-refractivity contribution in [3.8, 4) is 0 Å². The van der Waals surface area contributed by atoms with E-state index in [1.165, 1.54) is 0 Å². The topological polar surface area (TPSA) is 117 Å². The average Bonchev–Trinajstić information content (AvgIpc) is 3.28. The summed E-state index contributed by atoms with van der Waals surface area (Å²) in [7, 11) is 0. The van der Waals surface area contributed by atoms with E-state index in [4.69, 9.17) is 14.6 Å². The van der Waals surface area contributed by atoms with E-state index in [-0.39, 0.29) is 6.04 Å². The van der Waals surface area contributed by atoms with E-state index in [2.05, 4.69) is 15.3 Å². The largest absolute Gasteiger partial charge is 0.479 e. The molecule has 0 saturated carbocycles. The Hall–Kier alpha value is -2.45. The van der Waals surface area contributed by atoms with Crippen molar-refractivity contribution in [2.24, 2.45) is 5.92 Å². The third-order valence-electron chi connectivity index (χ3n) is 4.09. The van der Waals surface area contributed by atoms with Crippen molar-refractivity contribution in [3.63, 3.8) is 0 Å². The highest BCUT2D eigenvalue weighted by Crippen LogP contribution is 2.22. The van der Waals surface area contributed by atoms with Crippen LogP contribution in [0.1, 0.15) is 26.1 Å². The number of aliphatic carboxylic acids is 1. The fourth-order valence-electron chi connectivity index (χ4n) is 2.89. The van der Waals surface area contributed by atoms with Gasteiger partial charge in [-0.05, 0) is 24.5 Å². The molecule has 26 heavy (non-hydrogen) atoms. The number of hydrogen-bond donors (Lipinski definition) is 3. The van der Waals surface area contributed by atoms with Crippen molar-refractivity contribution >= 4 is 22.9 Å². The first kappa shape index (κ1) is 18.3. The second-order valence-electron chi connectivity index (χ2n) is 6.87. The first-order chi connectivity index (χ1) is 12.4. The fraction of sp³-hybridized carbons (Fsp3) is 0.500. The van der Waals surface area contributed by atoms with Gasteiger partial charge in [-0.1, -0.05) is 26.0 Å². The molecule has 1 aliphatic heterocycles. The highest BCUT2D eigenvalue weighted by Gasteiger charge is 2.51. The molecule has 2 heterocycles. The number of nitrogens with one attached hydrogen (secondary N) is 2. The predicted octanol–water partition coefficient (Wildman–Crippen LogP) is 1.46. The minimum absolute atomic E-state index is 0.217. The summed E-state index contributed by atoms with van der Waals surface area (Å²) >= 11 is 0. The molecule has 3 atom stereocenters. The van der Waals surface area contributed by atoms with Gasteiger partial charge in [-0.15, -0.1) is 0 Å². The third-order valence-corrected chi connectivity index (χ3v) is 4.09. The van der Waals surface area contributed by atoms with Crippen LogP contribution in [0, 0.1) is 5.92 Å². The number of carboxylic acids is 1. The van der Waals surface area contributed by atoms with Gasteiger partial charge in [0.15, 0.2) is 12.2 Å². The van der Waals surface area contributed by atoms with Gasteiger partial charge in [0.1, 0.15) is 12.4 Å². The Bertz CT molecular complexity index is 755. The van der Waals surface area contributed by atoms with Crippen molar-refractivity contribution in [2.45, 2.75) is 45.1 Å². The lowest BCUT2D eigenvalue weighted by Gasteiger charge is -2.20. The van der Waals surface area contributed by atoms with Crippen LogP contribution in [0.5, 0.6) is 0 Å². The van der Waals surface area contributed by atoms with Crippen molar-refractivity contribution in [3.05, 3.63) is 30.1 Å². The number of carboxylic acid groups (broad SMARTS) is 1. The minimum Gasteiger partial charge on any atom is -0.479 e. The molecule has 0 spiro atoms. The molecule has 1 fully saturated rings. The summed E-state index contributed by atoms with van der Waals surface area (Å²) in [6.07, 6.45) is -1.22. The lowest BCUT2D eigenvalue weighted by molar-refractivity contribution is -0.138. The lowest BCUT2D eigenvalue weighted by Crippen LogP contribution is -2.42.